The topological polar surface area (TPSA) is 78.3 Å². The van der Waals surface area contributed by atoms with Crippen molar-refractivity contribution in [3.8, 4) is 11.6 Å². The first-order valence-corrected chi connectivity index (χ1v) is 6.33. The average Bonchev–Trinajstić information content (AvgIpc) is 2.81. The first-order valence-electron chi connectivity index (χ1n) is 5.54. The molecule has 0 spiro atoms. The van der Waals surface area contributed by atoms with Crippen molar-refractivity contribution in [3.63, 3.8) is 0 Å². The maximum absolute atomic E-state index is 5.91. The van der Waals surface area contributed by atoms with Crippen LogP contribution in [0.1, 0.15) is 5.69 Å². The molecular weight excluding hydrogens is 310 g/mol. The van der Waals surface area contributed by atoms with Gasteiger partial charge in [0.2, 0.25) is 5.88 Å². The second kappa shape index (κ2) is 4.51. The van der Waals surface area contributed by atoms with Crippen molar-refractivity contribution in [1.29, 1.82) is 0 Å². The van der Waals surface area contributed by atoms with E-state index in [1.54, 1.807) is 12.1 Å². The largest absolute Gasteiger partial charge is 0.435 e. The number of benzene rings is 1. The molecule has 19 heavy (non-hydrogen) atoms. The van der Waals surface area contributed by atoms with Crippen LogP contribution < -0.4 is 10.5 Å². The van der Waals surface area contributed by atoms with Crippen molar-refractivity contribution in [2.45, 2.75) is 6.92 Å². The Morgan fingerprint density at radius 2 is 2.21 bits per heavy atom. The normalized spacial score (nSPS) is 10.8. The van der Waals surface area contributed by atoms with Gasteiger partial charge in [-0.15, -0.1) is 0 Å². The van der Waals surface area contributed by atoms with Crippen LogP contribution in [0.25, 0.3) is 5.78 Å². The standard InChI is InChI=1S/C12H10BrN5O/c1-7-5-10(18-12(17-7)15-6-16-18)19-11-8(13)3-2-4-9(11)14/h2-6H,14H2,1H3. The van der Waals surface area contributed by atoms with Gasteiger partial charge >= 0.3 is 0 Å². The first kappa shape index (κ1) is 11.9. The Morgan fingerprint density at radius 3 is 3.00 bits per heavy atom. The molecule has 6 nitrogen and oxygen atoms in total. The van der Waals surface area contributed by atoms with Gasteiger partial charge in [0.1, 0.15) is 6.33 Å². The van der Waals surface area contributed by atoms with Gasteiger partial charge in [0, 0.05) is 11.8 Å². The van der Waals surface area contributed by atoms with E-state index in [9.17, 15) is 0 Å². The van der Waals surface area contributed by atoms with Gasteiger partial charge in [-0.3, -0.25) is 0 Å². The van der Waals surface area contributed by atoms with Gasteiger partial charge in [-0.1, -0.05) is 6.07 Å². The highest BCUT2D eigenvalue weighted by molar-refractivity contribution is 9.10. The summed E-state index contributed by atoms with van der Waals surface area (Å²) in [6, 6.07) is 7.25. The predicted octanol–water partition coefficient (Wildman–Crippen LogP) is 2.57. The highest BCUT2D eigenvalue weighted by Crippen LogP contribution is 2.34. The van der Waals surface area contributed by atoms with E-state index in [4.69, 9.17) is 10.5 Å². The van der Waals surface area contributed by atoms with Crippen molar-refractivity contribution in [2.75, 3.05) is 5.73 Å². The minimum Gasteiger partial charge on any atom is -0.435 e. The molecule has 0 radical (unpaired) electrons. The van der Waals surface area contributed by atoms with Crippen LogP contribution in [0.3, 0.4) is 0 Å². The van der Waals surface area contributed by atoms with E-state index in [0.29, 0.717) is 23.1 Å². The molecule has 0 aliphatic heterocycles. The fourth-order valence-corrected chi connectivity index (χ4v) is 2.17. The highest BCUT2D eigenvalue weighted by atomic mass is 79.9. The van der Waals surface area contributed by atoms with Gasteiger partial charge < -0.3 is 10.5 Å². The van der Waals surface area contributed by atoms with Crippen LogP contribution in [0.2, 0.25) is 0 Å². The van der Waals surface area contributed by atoms with E-state index in [1.165, 1.54) is 10.8 Å². The molecule has 7 heteroatoms. The molecule has 0 unspecified atom stereocenters. The Morgan fingerprint density at radius 1 is 1.37 bits per heavy atom. The van der Waals surface area contributed by atoms with Crippen LogP contribution in [-0.4, -0.2) is 19.6 Å². The molecule has 0 amide bonds. The maximum atomic E-state index is 5.91. The highest BCUT2D eigenvalue weighted by Gasteiger charge is 2.11. The molecule has 0 fully saturated rings. The summed E-state index contributed by atoms with van der Waals surface area (Å²) in [5.41, 5.74) is 7.24. The molecule has 96 valence electrons. The molecule has 0 atom stereocenters. The zero-order valence-corrected chi connectivity index (χ0v) is 11.6. The molecule has 0 saturated carbocycles. The summed E-state index contributed by atoms with van der Waals surface area (Å²) in [4.78, 5) is 8.29. The van der Waals surface area contributed by atoms with E-state index in [0.717, 1.165) is 10.2 Å². The molecular formula is C12H10BrN5O. The number of anilines is 1. The molecule has 0 bridgehead atoms. The Kier molecular flexibility index (Phi) is 2.83. The number of ether oxygens (including phenoxy) is 1. The second-order valence-corrected chi connectivity index (χ2v) is 4.82. The summed E-state index contributed by atoms with van der Waals surface area (Å²) in [6.45, 7) is 1.87. The quantitative estimate of drug-likeness (QED) is 0.734. The number of hydrogen-bond acceptors (Lipinski definition) is 5. The molecule has 0 saturated heterocycles. The van der Waals surface area contributed by atoms with E-state index < -0.39 is 0 Å². The minimum absolute atomic E-state index is 0.487. The van der Waals surface area contributed by atoms with E-state index in [-0.39, 0.29) is 0 Å². The number of halogens is 1. The van der Waals surface area contributed by atoms with Gasteiger partial charge in [-0.2, -0.15) is 14.6 Å². The zero-order chi connectivity index (χ0) is 13.4. The SMILES string of the molecule is Cc1cc(Oc2c(N)cccc2Br)n2ncnc2n1. The lowest BCUT2D eigenvalue weighted by Crippen LogP contribution is -2.01. The van der Waals surface area contributed by atoms with Gasteiger partial charge in [0.15, 0.2) is 5.75 Å². The van der Waals surface area contributed by atoms with Crippen molar-refractivity contribution in [1.82, 2.24) is 19.6 Å². The third kappa shape index (κ3) is 2.12. The summed E-state index contributed by atoms with van der Waals surface area (Å²) in [5, 5.41) is 4.08. The Labute approximate surface area is 117 Å². The van der Waals surface area contributed by atoms with Crippen molar-refractivity contribution in [3.05, 3.63) is 40.8 Å². The summed E-state index contributed by atoms with van der Waals surface area (Å²) < 4.78 is 8.13. The number of fused-ring (bicyclic) bond motifs is 1. The van der Waals surface area contributed by atoms with E-state index in [2.05, 4.69) is 31.0 Å². The van der Waals surface area contributed by atoms with Gasteiger partial charge in [-0.05, 0) is 35.0 Å². The van der Waals surface area contributed by atoms with E-state index >= 15 is 0 Å². The number of nitrogen functional groups attached to an aromatic ring is 1. The zero-order valence-electron chi connectivity index (χ0n) is 10.0. The number of aryl methyl sites for hydroxylation is 1. The lowest BCUT2D eigenvalue weighted by atomic mass is 10.3. The minimum atomic E-state index is 0.487. The third-order valence-electron chi connectivity index (χ3n) is 2.55. The molecule has 0 aliphatic carbocycles. The number of rotatable bonds is 2. The molecule has 3 aromatic rings. The number of nitrogens with two attached hydrogens (primary N) is 1. The fourth-order valence-electron chi connectivity index (χ4n) is 1.71. The van der Waals surface area contributed by atoms with Crippen molar-refractivity contribution in [2.24, 2.45) is 0 Å². The molecule has 3 rings (SSSR count). The van der Waals surface area contributed by atoms with Crippen LogP contribution in [-0.2, 0) is 0 Å². The van der Waals surface area contributed by atoms with Crippen molar-refractivity contribution >= 4 is 27.4 Å². The lowest BCUT2D eigenvalue weighted by Gasteiger charge is -2.11. The van der Waals surface area contributed by atoms with Crippen LogP contribution in [0.5, 0.6) is 11.6 Å². The molecule has 0 aliphatic rings. The third-order valence-corrected chi connectivity index (χ3v) is 3.18. The summed E-state index contributed by atoms with van der Waals surface area (Å²) in [5.74, 6) is 1.55. The molecule has 2 heterocycles. The van der Waals surface area contributed by atoms with Gasteiger partial charge in [-0.25, -0.2) is 4.98 Å². The average molecular weight is 320 g/mol. The Balaban J connectivity index is 2.13. The lowest BCUT2D eigenvalue weighted by molar-refractivity contribution is 0.445. The predicted molar refractivity (Wildman–Crippen MR) is 74.1 cm³/mol. The molecule has 2 N–H and O–H groups in total. The Bertz CT molecular complexity index is 735. The van der Waals surface area contributed by atoms with Gasteiger partial charge in [0.25, 0.3) is 5.78 Å². The maximum Gasteiger partial charge on any atom is 0.255 e. The van der Waals surface area contributed by atoms with Crippen LogP contribution in [0, 0.1) is 6.92 Å². The summed E-state index contributed by atoms with van der Waals surface area (Å²) in [7, 11) is 0. The fraction of sp³-hybridized carbons (Fsp3) is 0.0833. The number of nitrogens with zero attached hydrogens (tertiary/aromatic N) is 4. The molecule has 2 aromatic heterocycles. The first-order chi connectivity index (χ1) is 9.15. The number of aromatic nitrogens is 4. The smallest absolute Gasteiger partial charge is 0.255 e. The monoisotopic (exact) mass is 319 g/mol. The summed E-state index contributed by atoms with van der Waals surface area (Å²) >= 11 is 3.41. The van der Waals surface area contributed by atoms with Crippen LogP contribution in [0.4, 0.5) is 5.69 Å². The van der Waals surface area contributed by atoms with Crippen LogP contribution in [0.15, 0.2) is 35.1 Å². The Hall–Kier alpha value is -2.15. The second-order valence-electron chi connectivity index (χ2n) is 3.97. The van der Waals surface area contributed by atoms with Crippen LogP contribution >= 0.6 is 15.9 Å². The summed E-state index contributed by atoms with van der Waals surface area (Å²) in [6.07, 6.45) is 1.43. The van der Waals surface area contributed by atoms with Gasteiger partial charge in [0.05, 0.1) is 10.2 Å². The number of para-hydroxylation sites is 1. The number of hydrogen-bond donors (Lipinski definition) is 1. The van der Waals surface area contributed by atoms with Crippen molar-refractivity contribution < 1.29 is 4.74 Å². The molecule has 1 aromatic carbocycles. The van der Waals surface area contributed by atoms with E-state index in [1.807, 2.05) is 19.1 Å².